The third-order valence-corrected chi connectivity index (χ3v) is 2.55. The zero-order valence-electron chi connectivity index (χ0n) is 6.40. The van der Waals surface area contributed by atoms with Crippen molar-refractivity contribution in [1.29, 1.82) is 0 Å². The van der Waals surface area contributed by atoms with E-state index in [2.05, 4.69) is 37.8 Å². The molecule has 12 heavy (non-hydrogen) atoms. The van der Waals surface area contributed by atoms with E-state index in [9.17, 15) is 0 Å². The van der Waals surface area contributed by atoms with Gasteiger partial charge in [0.05, 0.1) is 16.1 Å². The number of benzene rings is 1. The summed E-state index contributed by atoms with van der Waals surface area (Å²) >= 11 is 6.70. The van der Waals surface area contributed by atoms with Crippen molar-refractivity contribution in [2.45, 2.75) is 0 Å². The van der Waals surface area contributed by atoms with Crippen LogP contribution in [0.5, 0.6) is 5.75 Å². The molecule has 62 valence electrons. The zero-order chi connectivity index (χ0) is 9.14. The average Bonchev–Trinajstić information content (AvgIpc) is 2.03. The van der Waals surface area contributed by atoms with E-state index >= 15 is 0 Å². The van der Waals surface area contributed by atoms with E-state index in [1.807, 2.05) is 12.1 Å². The molecule has 0 aromatic heterocycles. The molecule has 1 rings (SSSR count). The lowest BCUT2D eigenvalue weighted by molar-refractivity contribution is 0.409. The quantitative estimate of drug-likeness (QED) is 0.722. The van der Waals surface area contributed by atoms with E-state index in [1.54, 1.807) is 7.11 Å². The number of terminal acetylenes is 1. The summed E-state index contributed by atoms with van der Waals surface area (Å²) in [6, 6.07) is 3.67. The molecule has 0 aliphatic carbocycles. The van der Waals surface area contributed by atoms with E-state index in [0.29, 0.717) is 0 Å². The van der Waals surface area contributed by atoms with Crippen LogP contribution in [0, 0.1) is 12.3 Å². The molecule has 0 N–H and O–H groups in total. The SMILES string of the molecule is C#Cc1cc(Br)c(OC)c(Br)c1. The monoisotopic (exact) mass is 288 g/mol. The van der Waals surface area contributed by atoms with Gasteiger partial charge < -0.3 is 4.74 Å². The second-order valence-corrected chi connectivity index (χ2v) is 3.83. The Balaban J connectivity index is 3.30. The van der Waals surface area contributed by atoms with Gasteiger partial charge in [0.1, 0.15) is 5.75 Å². The molecule has 0 aliphatic rings. The maximum absolute atomic E-state index is 5.25. The van der Waals surface area contributed by atoms with Crippen LogP contribution in [0.4, 0.5) is 0 Å². The fourth-order valence-corrected chi connectivity index (χ4v) is 2.35. The topological polar surface area (TPSA) is 9.23 Å². The van der Waals surface area contributed by atoms with Crippen molar-refractivity contribution in [3.63, 3.8) is 0 Å². The zero-order valence-corrected chi connectivity index (χ0v) is 9.57. The van der Waals surface area contributed by atoms with Gasteiger partial charge in [0.25, 0.3) is 0 Å². The maximum Gasteiger partial charge on any atom is 0.147 e. The Morgan fingerprint density at radius 2 is 1.83 bits per heavy atom. The summed E-state index contributed by atoms with van der Waals surface area (Å²) in [6.07, 6.45) is 5.25. The van der Waals surface area contributed by atoms with E-state index < -0.39 is 0 Å². The van der Waals surface area contributed by atoms with Crippen molar-refractivity contribution in [2.24, 2.45) is 0 Å². The number of halogens is 2. The number of ether oxygens (including phenoxy) is 1. The fourth-order valence-electron chi connectivity index (χ4n) is 0.838. The summed E-state index contributed by atoms with van der Waals surface area (Å²) in [5.74, 6) is 3.30. The minimum absolute atomic E-state index is 0.758. The van der Waals surface area contributed by atoms with E-state index in [-0.39, 0.29) is 0 Å². The molecule has 0 heterocycles. The summed E-state index contributed by atoms with van der Waals surface area (Å²) in [5.41, 5.74) is 0.814. The van der Waals surface area contributed by atoms with E-state index in [0.717, 1.165) is 20.3 Å². The van der Waals surface area contributed by atoms with Gasteiger partial charge in [0.15, 0.2) is 0 Å². The van der Waals surface area contributed by atoms with Gasteiger partial charge in [-0.05, 0) is 44.0 Å². The number of hydrogen-bond donors (Lipinski definition) is 0. The molecule has 0 unspecified atom stereocenters. The maximum atomic E-state index is 5.25. The lowest BCUT2D eigenvalue weighted by atomic mass is 10.2. The summed E-state index contributed by atoms with van der Waals surface area (Å²) < 4.78 is 6.82. The molecule has 0 spiro atoms. The summed E-state index contributed by atoms with van der Waals surface area (Å²) in [6.45, 7) is 0. The number of rotatable bonds is 1. The van der Waals surface area contributed by atoms with E-state index in [1.165, 1.54) is 0 Å². The highest BCUT2D eigenvalue weighted by Gasteiger charge is 2.05. The van der Waals surface area contributed by atoms with Crippen molar-refractivity contribution in [2.75, 3.05) is 7.11 Å². The Labute approximate surface area is 88.4 Å². The van der Waals surface area contributed by atoms with Crippen LogP contribution in [0.25, 0.3) is 0 Å². The van der Waals surface area contributed by atoms with Gasteiger partial charge in [-0.15, -0.1) is 6.42 Å². The first kappa shape index (κ1) is 9.63. The highest BCUT2D eigenvalue weighted by molar-refractivity contribution is 9.11. The summed E-state index contributed by atoms with van der Waals surface area (Å²) in [7, 11) is 1.61. The third kappa shape index (κ3) is 1.82. The Morgan fingerprint density at radius 3 is 2.17 bits per heavy atom. The van der Waals surface area contributed by atoms with Gasteiger partial charge in [-0.2, -0.15) is 0 Å². The van der Waals surface area contributed by atoms with Crippen LogP contribution in [0.1, 0.15) is 5.56 Å². The number of methoxy groups -OCH3 is 1. The van der Waals surface area contributed by atoms with Crippen LogP contribution in [-0.2, 0) is 0 Å². The van der Waals surface area contributed by atoms with Crippen LogP contribution in [0.3, 0.4) is 0 Å². The molecular formula is C9H6Br2O. The summed E-state index contributed by atoms with van der Waals surface area (Å²) in [4.78, 5) is 0. The molecule has 0 atom stereocenters. The van der Waals surface area contributed by atoms with Crippen LogP contribution in [0.15, 0.2) is 21.1 Å². The lowest BCUT2D eigenvalue weighted by Crippen LogP contribution is -1.87. The largest absolute Gasteiger partial charge is 0.494 e. The normalized spacial score (nSPS) is 9.17. The fraction of sp³-hybridized carbons (Fsp3) is 0.111. The lowest BCUT2D eigenvalue weighted by Gasteiger charge is -2.05. The molecule has 0 aliphatic heterocycles. The Bertz CT molecular complexity index is 316. The molecule has 0 fully saturated rings. The van der Waals surface area contributed by atoms with Crippen LogP contribution < -0.4 is 4.74 Å². The van der Waals surface area contributed by atoms with Crippen molar-refractivity contribution in [1.82, 2.24) is 0 Å². The van der Waals surface area contributed by atoms with Crippen molar-refractivity contribution < 1.29 is 4.74 Å². The molecule has 0 radical (unpaired) electrons. The first-order valence-corrected chi connectivity index (χ1v) is 4.77. The molecule has 0 bridgehead atoms. The Morgan fingerprint density at radius 1 is 1.33 bits per heavy atom. The molecule has 0 saturated heterocycles. The Kier molecular flexibility index (Phi) is 3.19. The van der Waals surface area contributed by atoms with Gasteiger partial charge in [-0.1, -0.05) is 5.92 Å². The predicted octanol–water partition coefficient (Wildman–Crippen LogP) is 3.20. The van der Waals surface area contributed by atoms with Crippen molar-refractivity contribution in [3.8, 4) is 18.1 Å². The molecular weight excluding hydrogens is 284 g/mol. The van der Waals surface area contributed by atoms with Gasteiger partial charge in [-0.25, -0.2) is 0 Å². The van der Waals surface area contributed by atoms with Crippen molar-refractivity contribution >= 4 is 31.9 Å². The predicted molar refractivity (Wildman–Crippen MR) is 56.3 cm³/mol. The molecule has 1 aromatic rings. The first-order chi connectivity index (χ1) is 5.69. The number of hydrogen-bond acceptors (Lipinski definition) is 1. The second-order valence-electron chi connectivity index (χ2n) is 2.12. The molecule has 3 heteroatoms. The molecule has 0 saturated carbocycles. The van der Waals surface area contributed by atoms with Gasteiger partial charge in [0.2, 0.25) is 0 Å². The highest BCUT2D eigenvalue weighted by Crippen LogP contribution is 2.33. The van der Waals surface area contributed by atoms with Gasteiger partial charge in [0, 0.05) is 5.56 Å². The highest BCUT2D eigenvalue weighted by atomic mass is 79.9. The first-order valence-electron chi connectivity index (χ1n) is 3.18. The third-order valence-electron chi connectivity index (χ3n) is 1.37. The van der Waals surface area contributed by atoms with Gasteiger partial charge in [-0.3, -0.25) is 0 Å². The summed E-state index contributed by atoms with van der Waals surface area (Å²) in [5, 5.41) is 0. The minimum atomic E-state index is 0.758. The minimum Gasteiger partial charge on any atom is -0.494 e. The van der Waals surface area contributed by atoms with E-state index in [4.69, 9.17) is 11.2 Å². The van der Waals surface area contributed by atoms with Crippen molar-refractivity contribution in [3.05, 3.63) is 26.6 Å². The van der Waals surface area contributed by atoms with Crippen LogP contribution >= 0.6 is 31.9 Å². The molecule has 0 amide bonds. The molecule has 1 aromatic carbocycles. The van der Waals surface area contributed by atoms with Gasteiger partial charge >= 0.3 is 0 Å². The average molecular weight is 290 g/mol. The standard InChI is InChI=1S/C9H6Br2O/c1-3-6-4-7(10)9(12-2)8(11)5-6/h1,4-5H,2H3. The Hall–Kier alpha value is -0.460. The second kappa shape index (κ2) is 3.97. The molecule has 1 nitrogen and oxygen atoms in total. The van der Waals surface area contributed by atoms with Crippen LogP contribution in [0.2, 0.25) is 0 Å². The van der Waals surface area contributed by atoms with Crippen LogP contribution in [-0.4, -0.2) is 7.11 Å². The smallest absolute Gasteiger partial charge is 0.147 e.